The zero-order valence-electron chi connectivity index (χ0n) is 7.93. The first-order chi connectivity index (χ1) is 5.83. The first-order valence-electron chi connectivity index (χ1n) is 4.91. The number of rotatable bonds is 1. The van der Waals surface area contributed by atoms with Crippen LogP contribution in [-0.4, -0.2) is 0 Å². The van der Waals surface area contributed by atoms with Gasteiger partial charge in [0, 0.05) is 0 Å². The van der Waals surface area contributed by atoms with Crippen LogP contribution in [0.4, 0.5) is 0 Å². The third kappa shape index (κ3) is 1.06. The number of hydrogen-bond donors (Lipinski definition) is 0. The smallest absolute Gasteiger partial charge is 0.0156 e. The lowest BCUT2D eigenvalue weighted by Crippen LogP contribution is -1.93. The zero-order valence-corrected chi connectivity index (χ0v) is 7.93. The first kappa shape index (κ1) is 7.85. The summed E-state index contributed by atoms with van der Waals surface area (Å²) >= 11 is 0. The lowest BCUT2D eigenvalue weighted by Gasteiger charge is -2.10. The van der Waals surface area contributed by atoms with E-state index in [0.29, 0.717) is 0 Å². The second-order valence-corrected chi connectivity index (χ2v) is 3.79. The minimum atomic E-state index is 0.848. The van der Waals surface area contributed by atoms with Crippen LogP contribution in [-0.2, 0) is 6.42 Å². The number of hydrogen-bond acceptors (Lipinski definition) is 0. The Morgan fingerprint density at radius 1 is 1.42 bits per heavy atom. The van der Waals surface area contributed by atoms with E-state index < -0.39 is 0 Å². The molecule has 1 atom stereocenters. The summed E-state index contributed by atoms with van der Waals surface area (Å²) in [7, 11) is 0. The van der Waals surface area contributed by atoms with E-state index >= 15 is 0 Å². The molecule has 1 unspecified atom stereocenters. The molecule has 0 heteroatoms. The van der Waals surface area contributed by atoms with Crippen LogP contribution in [0, 0.1) is 6.92 Å². The lowest BCUT2D eigenvalue weighted by molar-refractivity contribution is 0.653. The fourth-order valence-electron chi connectivity index (χ4n) is 2.43. The third-order valence-corrected chi connectivity index (χ3v) is 3.08. The summed E-state index contributed by atoms with van der Waals surface area (Å²) < 4.78 is 0. The van der Waals surface area contributed by atoms with Crippen LogP contribution >= 0.6 is 0 Å². The van der Waals surface area contributed by atoms with Gasteiger partial charge < -0.3 is 0 Å². The van der Waals surface area contributed by atoms with Gasteiger partial charge in [-0.1, -0.05) is 25.1 Å². The summed E-state index contributed by atoms with van der Waals surface area (Å²) in [5, 5.41) is 0. The quantitative estimate of drug-likeness (QED) is 0.590. The molecule has 0 amide bonds. The van der Waals surface area contributed by atoms with Crippen molar-refractivity contribution in [2.24, 2.45) is 0 Å². The lowest BCUT2D eigenvalue weighted by atomic mass is 9.95. The van der Waals surface area contributed by atoms with Crippen molar-refractivity contribution < 1.29 is 0 Å². The average molecular weight is 160 g/mol. The largest absolute Gasteiger partial charge is 0.0648 e. The van der Waals surface area contributed by atoms with Crippen LogP contribution in [0.3, 0.4) is 0 Å². The molecule has 0 spiro atoms. The molecule has 1 aliphatic carbocycles. The Hall–Kier alpha value is -0.780. The SMILES string of the molecule is CCC1CCc2cccc(C)c21. The van der Waals surface area contributed by atoms with Crippen LogP contribution in [0.2, 0.25) is 0 Å². The van der Waals surface area contributed by atoms with Crippen molar-refractivity contribution in [3.63, 3.8) is 0 Å². The maximum Gasteiger partial charge on any atom is -0.0156 e. The number of aryl methyl sites for hydroxylation is 2. The Morgan fingerprint density at radius 2 is 2.25 bits per heavy atom. The maximum atomic E-state index is 2.30. The summed E-state index contributed by atoms with van der Waals surface area (Å²) in [5.74, 6) is 0.848. The molecular formula is C12H16. The summed E-state index contributed by atoms with van der Waals surface area (Å²) in [4.78, 5) is 0. The molecule has 0 N–H and O–H groups in total. The number of benzene rings is 1. The fourth-order valence-corrected chi connectivity index (χ4v) is 2.43. The molecular weight excluding hydrogens is 144 g/mol. The highest BCUT2D eigenvalue weighted by Crippen LogP contribution is 2.36. The van der Waals surface area contributed by atoms with E-state index in [1.54, 1.807) is 11.1 Å². The fraction of sp³-hybridized carbons (Fsp3) is 0.500. The Balaban J connectivity index is 2.48. The molecule has 0 aliphatic heterocycles. The van der Waals surface area contributed by atoms with Gasteiger partial charge in [-0.2, -0.15) is 0 Å². The van der Waals surface area contributed by atoms with Gasteiger partial charge >= 0.3 is 0 Å². The van der Waals surface area contributed by atoms with Crippen molar-refractivity contribution in [3.8, 4) is 0 Å². The molecule has 0 radical (unpaired) electrons. The zero-order chi connectivity index (χ0) is 8.55. The van der Waals surface area contributed by atoms with Crippen molar-refractivity contribution in [2.75, 3.05) is 0 Å². The van der Waals surface area contributed by atoms with Crippen LogP contribution in [0.15, 0.2) is 18.2 Å². The van der Waals surface area contributed by atoms with Crippen molar-refractivity contribution >= 4 is 0 Å². The summed E-state index contributed by atoms with van der Waals surface area (Å²) in [6.45, 7) is 4.54. The highest BCUT2D eigenvalue weighted by molar-refractivity contribution is 5.40. The van der Waals surface area contributed by atoms with Crippen molar-refractivity contribution in [1.82, 2.24) is 0 Å². The van der Waals surface area contributed by atoms with Crippen LogP contribution < -0.4 is 0 Å². The third-order valence-electron chi connectivity index (χ3n) is 3.08. The first-order valence-corrected chi connectivity index (χ1v) is 4.91. The van der Waals surface area contributed by atoms with Crippen molar-refractivity contribution in [2.45, 2.75) is 39.0 Å². The van der Waals surface area contributed by atoms with Gasteiger partial charge in [-0.25, -0.2) is 0 Å². The van der Waals surface area contributed by atoms with Crippen molar-refractivity contribution in [3.05, 3.63) is 34.9 Å². The van der Waals surface area contributed by atoms with E-state index in [-0.39, 0.29) is 0 Å². The molecule has 1 aliphatic rings. The van der Waals surface area contributed by atoms with Gasteiger partial charge in [-0.15, -0.1) is 0 Å². The van der Waals surface area contributed by atoms with Gasteiger partial charge in [0.2, 0.25) is 0 Å². The van der Waals surface area contributed by atoms with E-state index in [1.165, 1.54) is 24.8 Å². The molecule has 0 bridgehead atoms. The average Bonchev–Trinajstić information content (AvgIpc) is 2.49. The second kappa shape index (κ2) is 2.93. The molecule has 0 nitrogen and oxygen atoms in total. The molecule has 1 aromatic carbocycles. The molecule has 0 fully saturated rings. The van der Waals surface area contributed by atoms with E-state index in [2.05, 4.69) is 32.0 Å². The standard InChI is InChI=1S/C12H16/c1-3-10-7-8-11-6-4-5-9(2)12(10)11/h4-6,10H,3,7-8H2,1-2H3. The highest BCUT2D eigenvalue weighted by atomic mass is 14.3. The summed E-state index contributed by atoms with van der Waals surface area (Å²) in [5.41, 5.74) is 4.75. The molecule has 12 heavy (non-hydrogen) atoms. The molecule has 0 saturated heterocycles. The minimum absolute atomic E-state index is 0.848. The monoisotopic (exact) mass is 160 g/mol. The molecule has 0 saturated carbocycles. The molecule has 1 aromatic rings. The van der Waals surface area contributed by atoms with Crippen LogP contribution in [0.1, 0.15) is 42.4 Å². The van der Waals surface area contributed by atoms with Crippen LogP contribution in [0.5, 0.6) is 0 Å². The predicted octanol–water partition coefficient (Wildman–Crippen LogP) is 3.43. The topological polar surface area (TPSA) is 0 Å². The molecule has 0 heterocycles. The van der Waals surface area contributed by atoms with E-state index in [1.807, 2.05) is 0 Å². The molecule has 0 aromatic heterocycles. The van der Waals surface area contributed by atoms with Gasteiger partial charge in [-0.05, 0) is 48.8 Å². The molecule has 2 rings (SSSR count). The second-order valence-electron chi connectivity index (χ2n) is 3.79. The summed E-state index contributed by atoms with van der Waals surface area (Å²) in [6.07, 6.45) is 3.98. The Kier molecular flexibility index (Phi) is 1.92. The van der Waals surface area contributed by atoms with Gasteiger partial charge in [-0.3, -0.25) is 0 Å². The minimum Gasteiger partial charge on any atom is -0.0648 e. The van der Waals surface area contributed by atoms with Gasteiger partial charge in [0.1, 0.15) is 0 Å². The van der Waals surface area contributed by atoms with Crippen LogP contribution in [0.25, 0.3) is 0 Å². The van der Waals surface area contributed by atoms with Gasteiger partial charge in [0.15, 0.2) is 0 Å². The highest BCUT2D eigenvalue weighted by Gasteiger charge is 2.21. The van der Waals surface area contributed by atoms with Crippen molar-refractivity contribution in [1.29, 1.82) is 0 Å². The Labute approximate surface area is 74.6 Å². The maximum absolute atomic E-state index is 2.30. The normalized spacial score (nSPS) is 21.0. The van der Waals surface area contributed by atoms with Gasteiger partial charge in [0.05, 0.1) is 0 Å². The van der Waals surface area contributed by atoms with Gasteiger partial charge in [0.25, 0.3) is 0 Å². The van der Waals surface area contributed by atoms with E-state index in [0.717, 1.165) is 5.92 Å². The Morgan fingerprint density at radius 3 is 3.00 bits per heavy atom. The summed E-state index contributed by atoms with van der Waals surface area (Å²) in [6, 6.07) is 6.72. The molecule has 64 valence electrons. The van der Waals surface area contributed by atoms with E-state index in [4.69, 9.17) is 0 Å². The number of fused-ring (bicyclic) bond motifs is 1. The Bertz CT molecular complexity index is 286. The predicted molar refractivity (Wildman–Crippen MR) is 52.5 cm³/mol. The van der Waals surface area contributed by atoms with E-state index in [9.17, 15) is 0 Å².